The molecule has 0 aliphatic carbocycles. The van der Waals surface area contributed by atoms with Gasteiger partial charge in [-0.3, -0.25) is 0 Å². The molecule has 2 nitrogen and oxygen atoms in total. The molecule has 0 radical (unpaired) electrons. The maximum Gasteiger partial charge on any atom is 0.139 e. The summed E-state index contributed by atoms with van der Waals surface area (Å²) in [5, 5.41) is 1.08. The first-order valence-corrected chi connectivity index (χ1v) is 8.18. The lowest BCUT2D eigenvalue weighted by atomic mass is 10.0. The Labute approximate surface area is 143 Å². The van der Waals surface area contributed by atoms with E-state index in [0.717, 1.165) is 16.5 Å². The third kappa shape index (κ3) is 4.62. The Bertz CT molecular complexity index is 583. The highest BCUT2D eigenvalue weighted by atomic mass is 79.9. The van der Waals surface area contributed by atoms with Gasteiger partial charge in [0, 0.05) is 20.6 Å². The van der Waals surface area contributed by atoms with Crippen LogP contribution in [0.4, 0.5) is 0 Å². The molecule has 2 aromatic rings. The van der Waals surface area contributed by atoms with Gasteiger partial charge < -0.3 is 10.5 Å². The summed E-state index contributed by atoms with van der Waals surface area (Å²) in [6.07, 6.45) is 0.548. The van der Waals surface area contributed by atoms with Crippen LogP contribution < -0.4 is 10.5 Å². The third-order valence-electron chi connectivity index (χ3n) is 3.16. The van der Waals surface area contributed by atoms with Crippen LogP contribution in [0, 0.1) is 0 Å². The first-order valence-electron chi connectivity index (χ1n) is 6.63. The molecular weight excluding hydrogens is 373 g/mol. The van der Waals surface area contributed by atoms with Gasteiger partial charge in [0.1, 0.15) is 11.9 Å². The van der Waals surface area contributed by atoms with Gasteiger partial charge in [0.05, 0.1) is 0 Å². The van der Waals surface area contributed by atoms with Crippen LogP contribution in [0.15, 0.2) is 46.9 Å². The van der Waals surface area contributed by atoms with Crippen molar-refractivity contribution in [1.82, 2.24) is 0 Å². The van der Waals surface area contributed by atoms with Crippen molar-refractivity contribution in [3.63, 3.8) is 0 Å². The van der Waals surface area contributed by atoms with Crippen LogP contribution in [0.1, 0.15) is 25.0 Å². The lowest BCUT2D eigenvalue weighted by Crippen LogP contribution is -2.31. The normalized spacial score (nSPS) is 13.8. The Balaban J connectivity index is 2.30. The highest BCUT2D eigenvalue weighted by molar-refractivity contribution is 9.10. The van der Waals surface area contributed by atoms with Gasteiger partial charge in [-0.2, -0.15) is 0 Å². The topological polar surface area (TPSA) is 35.2 Å². The lowest BCUT2D eigenvalue weighted by Gasteiger charge is -2.25. The molecule has 112 valence electrons. The molecule has 0 saturated carbocycles. The summed E-state index contributed by atoms with van der Waals surface area (Å²) in [7, 11) is 0. The largest absolute Gasteiger partial charge is 0.484 e. The Hall–Kier alpha value is -0.740. The Kier molecular flexibility index (Phi) is 5.94. The minimum atomic E-state index is -0.252. The predicted octanol–water partition coefficient (Wildman–Crippen LogP) is 5.61. The van der Waals surface area contributed by atoms with E-state index in [4.69, 9.17) is 33.7 Å². The highest BCUT2D eigenvalue weighted by Crippen LogP contribution is 2.30. The molecule has 2 atom stereocenters. The first-order chi connectivity index (χ1) is 9.99. The highest BCUT2D eigenvalue weighted by Gasteiger charge is 2.21. The van der Waals surface area contributed by atoms with Crippen LogP contribution in [0.2, 0.25) is 10.0 Å². The summed E-state index contributed by atoms with van der Waals surface area (Å²) in [4.78, 5) is 0. The van der Waals surface area contributed by atoms with E-state index in [1.54, 1.807) is 18.2 Å². The van der Waals surface area contributed by atoms with Crippen molar-refractivity contribution in [2.45, 2.75) is 25.5 Å². The molecule has 2 rings (SSSR count). The van der Waals surface area contributed by atoms with Gasteiger partial charge in [-0.15, -0.1) is 0 Å². The average molecular weight is 389 g/mol. The standard InChI is InChI=1S/C16H16BrCl2NO/c1-2-15(20)16(10-3-5-11(17)6-4-10)21-14-8-12(18)7-13(19)9-14/h3-9,15-16H,2,20H2,1H3. The number of ether oxygens (including phenoxy) is 1. The molecule has 0 amide bonds. The molecule has 0 saturated heterocycles. The Morgan fingerprint density at radius 2 is 1.67 bits per heavy atom. The third-order valence-corrected chi connectivity index (χ3v) is 4.12. The zero-order chi connectivity index (χ0) is 15.4. The Morgan fingerprint density at radius 1 is 1.10 bits per heavy atom. The van der Waals surface area contributed by atoms with Gasteiger partial charge in [0.15, 0.2) is 0 Å². The number of hydrogen-bond donors (Lipinski definition) is 1. The van der Waals surface area contributed by atoms with E-state index in [0.29, 0.717) is 15.8 Å². The molecule has 5 heteroatoms. The van der Waals surface area contributed by atoms with Crippen LogP contribution in [0.3, 0.4) is 0 Å². The van der Waals surface area contributed by atoms with Crippen LogP contribution in [-0.2, 0) is 0 Å². The number of halogens is 3. The van der Waals surface area contributed by atoms with Crippen LogP contribution >= 0.6 is 39.1 Å². The number of hydrogen-bond acceptors (Lipinski definition) is 2. The first kappa shape index (κ1) is 16.6. The summed E-state index contributed by atoms with van der Waals surface area (Å²) in [6.45, 7) is 2.03. The predicted molar refractivity (Wildman–Crippen MR) is 92.2 cm³/mol. The molecule has 0 spiro atoms. The summed E-state index contributed by atoms with van der Waals surface area (Å²) >= 11 is 15.5. The van der Waals surface area contributed by atoms with Gasteiger partial charge in [0.25, 0.3) is 0 Å². The number of rotatable bonds is 5. The molecule has 0 aromatic heterocycles. The SMILES string of the molecule is CCC(N)C(Oc1cc(Cl)cc(Cl)c1)c1ccc(Br)cc1. The number of nitrogens with two attached hydrogens (primary N) is 1. The van der Waals surface area contributed by atoms with Crippen molar-refractivity contribution in [3.8, 4) is 5.75 Å². The fourth-order valence-electron chi connectivity index (χ4n) is 2.01. The van der Waals surface area contributed by atoms with Crippen LogP contribution in [0.25, 0.3) is 0 Å². The maximum atomic E-state index is 6.21. The quantitative estimate of drug-likeness (QED) is 0.721. The maximum absolute atomic E-state index is 6.21. The average Bonchev–Trinajstić information content (AvgIpc) is 2.44. The van der Waals surface area contributed by atoms with E-state index in [1.807, 2.05) is 31.2 Å². The molecule has 0 aliphatic rings. The second-order valence-electron chi connectivity index (χ2n) is 4.77. The molecule has 0 aliphatic heterocycles. The summed E-state index contributed by atoms with van der Waals surface area (Å²) in [6, 6.07) is 13.0. The molecule has 21 heavy (non-hydrogen) atoms. The minimum Gasteiger partial charge on any atom is -0.484 e. The summed E-state index contributed by atoms with van der Waals surface area (Å²) < 4.78 is 7.06. The molecule has 0 bridgehead atoms. The molecule has 2 unspecified atom stereocenters. The molecular formula is C16H16BrCl2NO. The van der Waals surface area contributed by atoms with Gasteiger partial charge in [-0.25, -0.2) is 0 Å². The van der Waals surface area contributed by atoms with Crippen molar-refractivity contribution in [2.24, 2.45) is 5.73 Å². The van der Waals surface area contributed by atoms with Crippen LogP contribution in [0.5, 0.6) is 5.75 Å². The fraction of sp³-hybridized carbons (Fsp3) is 0.250. The van der Waals surface area contributed by atoms with E-state index in [1.165, 1.54) is 0 Å². The zero-order valence-corrected chi connectivity index (χ0v) is 14.6. The van der Waals surface area contributed by atoms with Gasteiger partial charge in [0.2, 0.25) is 0 Å². The van der Waals surface area contributed by atoms with E-state index in [-0.39, 0.29) is 12.1 Å². The van der Waals surface area contributed by atoms with E-state index >= 15 is 0 Å². The lowest BCUT2D eigenvalue weighted by molar-refractivity contribution is 0.171. The van der Waals surface area contributed by atoms with Crippen molar-refractivity contribution in [3.05, 3.63) is 62.5 Å². The molecule has 0 fully saturated rings. The Morgan fingerprint density at radius 3 is 2.19 bits per heavy atom. The van der Waals surface area contributed by atoms with Crippen molar-refractivity contribution >= 4 is 39.1 Å². The number of benzene rings is 2. The van der Waals surface area contributed by atoms with Crippen molar-refractivity contribution < 1.29 is 4.74 Å². The second kappa shape index (κ2) is 7.50. The minimum absolute atomic E-state index is 0.121. The summed E-state index contributed by atoms with van der Waals surface area (Å²) in [5.41, 5.74) is 7.23. The van der Waals surface area contributed by atoms with Crippen molar-refractivity contribution in [2.75, 3.05) is 0 Å². The van der Waals surface area contributed by atoms with Crippen LogP contribution in [-0.4, -0.2) is 6.04 Å². The molecule has 0 heterocycles. The smallest absolute Gasteiger partial charge is 0.139 e. The van der Waals surface area contributed by atoms with Gasteiger partial charge in [-0.1, -0.05) is 58.2 Å². The monoisotopic (exact) mass is 387 g/mol. The molecule has 2 aromatic carbocycles. The van der Waals surface area contributed by atoms with Gasteiger partial charge >= 0.3 is 0 Å². The zero-order valence-electron chi connectivity index (χ0n) is 11.5. The molecule has 2 N–H and O–H groups in total. The summed E-state index contributed by atoms with van der Waals surface area (Å²) in [5.74, 6) is 0.615. The van der Waals surface area contributed by atoms with Crippen molar-refractivity contribution in [1.29, 1.82) is 0 Å². The van der Waals surface area contributed by atoms with E-state index < -0.39 is 0 Å². The van der Waals surface area contributed by atoms with E-state index in [9.17, 15) is 0 Å². The van der Waals surface area contributed by atoms with E-state index in [2.05, 4.69) is 15.9 Å². The second-order valence-corrected chi connectivity index (χ2v) is 6.56. The fourth-order valence-corrected chi connectivity index (χ4v) is 2.78. The van der Waals surface area contributed by atoms with Gasteiger partial charge in [-0.05, 0) is 42.3 Å².